The SMILES string of the molecule is CC(=O)c1[nH]c2c(Cl)ccc(Cl)c2c1C. The summed E-state index contributed by atoms with van der Waals surface area (Å²) in [5, 5.41) is 2.01. The predicted molar refractivity (Wildman–Crippen MR) is 63.1 cm³/mol. The van der Waals surface area contributed by atoms with E-state index in [4.69, 9.17) is 23.2 Å². The van der Waals surface area contributed by atoms with Crippen molar-refractivity contribution in [3.63, 3.8) is 0 Å². The molecule has 2 aromatic rings. The number of Topliss-reactive ketones (excluding diaryl/α,β-unsaturated/α-hetero) is 1. The molecule has 0 unspecified atom stereocenters. The number of fused-ring (bicyclic) bond motifs is 1. The van der Waals surface area contributed by atoms with Gasteiger partial charge in [-0.1, -0.05) is 23.2 Å². The van der Waals surface area contributed by atoms with Gasteiger partial charge in [-0.2, -0.15) is 0 Å². The van der Waals surface area contributed by atoms with Gasteiger partial charge in [0, 0.05) is 12.3 Å². The van der Waals surface area contributed by atoms with Crippen molar-refractivity contribution in [2.24, 2.45) is 0 Å². The quantitative estimate of drug-likeness (QED) is 0.753. The average Bonchev–Trinajstić information content (AvgIpc) is 2.51. The zero-order valence-electron chi connectivity index (χ0n) is 8.32. The standard InChI is InChI=1S/C11H9Cl2NO/c1-5-9-7(12)3-4-8(13)11(9)14-10(5)6(2)15/h3-4,14H,1-2H3. The minimum absolute atomic E-state index is 0.0177. The van der Waals surface area contributed by atoms with Crippen molar-refractivity contribution < 1.29 is 4.79 Å². The van der Waals surface area contributed by atoms with Crippen molar-refractivity contribution in [1.82, 2.24) is 4.98 Å². The molecule has 0 saturated carbocycles. The van der Waals surface area contributed by atoms with Gasteiger partial charge < -0.3 is 4.98 Å². The first-order chi connectivity index (χ1) is 7.02. The monoisotopic (exact) mass is 241 g/mol. The highest BCUT2D eigenvalue weighted by atomic mass is 35.5. The molecule has 1 aromatic carbocycles. The van der Waals surface area contributed by atoms with Gasteiger partial charge in [0.1, 0.15) is 0 Å². The largest absolute Gasteiger partial charge is 0.351 e. The molecule has 0 fully saturated rings. The fourth-order valence-electron chi connectivity index (χ4n) is 1.74. The Bertz CT molecular complexity index is 557. The maximum Gasteiger partial charge on any atom is 0.176 e. The van der Waals surface area contributed by atoms with E-state index in [1.807, 2.05) is 6.92 Å². The predicted octanol–water partition coefficient (Wildman–Crippen LogP) is 3.99. The summed E-state index contributed by atoms with van der Waals surface area (Å²) in [5.74, 6) is -0.0177. The normalized spacial score (nSPS) is 10.9. The molecule has 0 aliphatic heterocycles. The third kappa shape index (κ3) is 1.54. The number of nitrogens with one attached hydrogen (secondary N) is 1. The second kappa shape index (κ2) is 3.54. The molecule has 15 heavy (non-hydrogen) atoms. The molecular weight excluding hydrogens is 233 g/mol. The van der Waals surface area contributed by atoms with Crippen molar-refractivity contribution in [2.75, 3.05) is 0 Å². The van der Waals surface area contributed by atoms with E-state index in [0.29, 0.717) is 15.7 Å². The first-order valence-corrected chi connectivity index (χ1v) is 5.25. The molecule has 0 atom stereocenters. The van der Waals surface area contributed by atoms with Crippen LogP contribution in [0.5, 0.6) is 0 Å². The van der Waals surface area contributed by atoms with Gasteiger partial charge in [0.15, 0.2) is 5.78 Å². The summed E-state index contributed by atoms with van der Waals surface area (Å²) in [5.41, 5.74) is 2.15. The number of aryl methyl sites for hydroxylation is 1. The molecule has 1 N–H and O–H groups in total. The van der Waals surface area contributed by atoms with Crippen LogP contribution in [0.15, 0.2) is 12.1 Å². The Morgan fingerprint density at radius 1 is 1.27 bits per heavy atom. The third-order valence-corrected chi connectivity index (χ3v) is 3.09. The Morgan fingerprint density at radius 3 is 2.40 bits per heavy atom. The van der Waals surface area contributed by atoms with E-state index in [1.54, 1.807) is 12.1 Å². The van der Waals surface area contributed by atoms with Crippen LogP contribution in [0.1, 0.15) is 23.0 Å². The van der Waals surface area contributed by atoms with Crippen LogP contribution in [0.2, 0.25) is 10.0 Å². The topological polar surface area (TPSA) is 32.9 Å². The lowest BCUT2D eigenvalue weighted by Crippen LogP contribution is -1.93. The minimum Gasteiger partial charge on any atom is -0.351 e. The molecule has 2 nitrogen and oxygen atoms in total. The first kappa shape index (κ1) is 10.5. The highest BCUT2D eigenvalue weighted by Crippen LogP contribution is 2.33. The molecule has 0 aliphatic rings. The van der Waals surface area contributed by atoms with Gasteiger partial charge in [-0.25, -0.2) is 0 Å². The van der Waals surface area contributed by atoms with E-state index in [-0.39, 0.29) is 5.78 Å². The van der Waals surface area contributed by atoms with Gasteiger partial charge in [-0.15, -0.1) is 0 Å². The smallest absolute Gasteiger partial charge is 0.176 e. The fourth-order valence-corrected chi connectivity index (χ4v) is 2.24. The van der Waals surface area contributed by atoms with Gasteiger partial charge in [-0.05, 0) is 24.6 Å². The minimum atomic E-state index is -0.0177. The van der Waals surface area contributed by atoms with Crippen LogP contribution in [0.25, 0.3) is 10.9 Å². The number of aromatic amines is 1. The molecule has 0 saturated heterocycles. The highest BCUT2D eigenvalue weighted by Gasteiger charge is 2.15. The lowest BCUT2D eigenvalue weighted by atomic mass is 10.1. The molecule has 0 radical (unpaired) electrons. The molecule has 0 spiro atoms. The van der Waals surface area contributed by atoms with Crippen molar-refractivity contribution >= 4 is 39.9 Å². The number of carbonyl (C=O) groups is 1. The summed E-state index contributed by atoms with van der Waals surface area (Å²) in [6.45, 7) is 3.37. The summed E-state index contributed by atoms with van der Waals surface area (Å²) in [6.07, 6.45) is 0. The molecule has 1 heterocycles. The average molecular weight is 242 g/mol. The van der Waals surface area contributed by atoms with E-state index in [1.165, 1.54) is 6.92 Å². The number of carbonyl (C=O) groups excluding carboxylic acids is 1. The van der Waals surface area contributed by atoms with Crippen LogP contribution >= 0.6 is 23.2 Å². The molecule has 1 aromatic heterocycles. The Hall–Kier alpha value is -0.990. The Kier molecular flexibility index (Phi) is 2.49. The lowest BCUT2D eigenvalue weighted by molar-refractivity contribution is 0.101. The van der Waals surface area contributed by atoms with Crippen LogP contribution in [0.3, 0.4) is 0 Å². The molecule has 2 rings (SSSR count). The maximum absolute atomic E-state index is 11.3. The van der Waals surface area contributed by atoms with Crippen molar-refractivity contribution in [3.8, 4) is 0 Å². The fraction of sp³-hybridized carbons (Fsp3) is 0.182. The second-order valence-electron chi connectivity index (χ2n) is 3.46. The number of rotatable bonds is 1. The highest BCUT2D eigenvalue weighted by molar-refractivity contribution is 6.40. The number of aromatic nitrogens is 1. The molecule has 0 bridgehead atoms. The summed E-state index contributed by atoms with van der Waals surface area (Å²) in [7, 11) is 0. The number of hydrogen-bond donors (Lipinski definition) is 1. The van der Waals surface area contributed by atoms with Crippen LogP contribution in [0.4, 0.5) is 0 Å². The summed E-state index contributed by atoms with van der Waals surface area (Å²) < 4.78 is 0. The Balaban J connectivity index is 2.93. The zero-order chi connectivity index (χ0) is 11.2. The Morgan fingerprint density at radius 2 is 1.87 bits per heavy atom. The molecule has 78 valence electrons. The number of halogens is 2. The maximum atomic E-state index is 11.3. The zero-order valence-corrected chi connectivity index (χ0v) is 9.83. The second-order valence-corrected chi connectivity index (χ2v) is 4.27. The van der Waals surface area contributed by atoms with E-state index < -0.39 is 0 Å². The molecular formula is C11H9Cl2NO. The van der Waals surface area contributed by atoms with Gasteiger partial charge in [0.05, 0.1) is 21.3 Å². The van der Waals surface area contributed by atoms with Gasteiger partial charge in [-0.3, -0.25) is 4.79 Å². The molecule has 0 amide bonds. The van der Waals surface area contributed by atoms with Crippen molar-refractivity contribution in [2.45, 2.75) is 13.8 Å². The summed E-state index contributed by atoms with van der Waals surface area (Å²) in [6, 6.07) is 3.45. The van der Waals surface area contributed by atoms with Crippen molar-refractivity contribution in [3.05, 3.63) is 33.4 Å². The lowest BCUT2D eigenvalue weighted by Gasteiger charge is -1.97. The van der Waals surface area contributed by atoms with E-state index in [9.17, 15) is 4.79 Å². The van der Waals surface area contributed by atoms with Crippen LogP contribution < -0.4 is 0 Å². The van der Waals surface area contributed by atoms with Gasteiger partial charge >= 0.3 is 0 Å². The number of H-pyrrole nitrogens is 1. The van der Waals surface area contributed by atoms with E-state index in [2.05, 4.69) is 4.98 Å². The van der Waals surface area contributed by atoms with Crippen LogP contribution in [-0.4, -0.2) is 10.8 Å². The first-order valence-electron chi connectivity index (χ1n) is 4.49. The molecule has 4 heteroatoms. The summed E-state index contributed by atoms with van der Waals surface area (Å²) in [4.78, 5) is 14.3. The number of hydrogen-bond acceptors (Lipinski definition) is 1. The van der Waals surface area contributed by atoms with Crippen LogP contribution in [-0.2, 0) is 0 Å². The van der Waals surface area contributed by atoms with Gasteiger partial charge in [0.25, 0.3) is 0 Å². The van der Waals surface area contributed by atoms with Crippen LogP contribution in [0, 0.1) is 6.92 Å². The van der Waals surface area contributed by atoms with E-state index >= 15 is 0 Å². The molecule has 0 aliphatic carbocycles. The van der Waals surface area contributed by atoms with Crippen molar-refractivity contribution in [1.29, 1.82) is 0 Å². The third-order valence-electron chi connectivity index (χ3n) is 2.46. The van der Waals surface area contributed by atoms with E-state index in [0.717, 1.165) is 16.5 Å². The van der Waals surface area contributed by atoms with Gasteiger partial charge in [0.2, 0.25) is 0 Å². The summed E-state index contributed by atoms with van der Waals surface area (Å²) >= 11 is 12.1. The number of benzene rings is 1. The number of ketones is 1. The Labute approximate surface area is 97.2 Å².